The van der Waals surface area contributed by atoms with Gasteiger partial charge in [-0.1, -0.05) is 29.8 Å². The Balaban J connectivity index is 1.48. The number of thioether (sulfide) groups is 1. The average molecular weight is 498 g/mol. The Morgan fingerprint density at radius 2 is 1.97 bits per heavy atom. The Morgan fingerprint density at radius 3 is 2.71 bits per heavy atom. The van der Waals surface area contributed by atoms with Crippen LogP contribution in [0.3, 0.4) is 0 Å². The predicted octanol–water partition coefficient (Wildman–Crippen LogP) is 5.49. The van der Waals surface area contributed by atoms with Gasteiger partial charge in [-0.15, -0.1) is 0 Å². The highest BCUT2D eigenvalue weighted by Gasteiger charge is 2.36. The van der Waals surface area contributed by atoms with Crippen LogP contribution in [0.5, 0.6) is 0 Å². The lowest BCUT2D eigenvalue weighted by Crippen LogP contribution is -2.36. The molecule has 1 aliphatic heterocycles. The van der Waals surface area contributed by atoms with E-state index in [4.69, 9.17) is 16.0 Å². The molecule has 0 radical (unpaired) electrons. The molecule has 4 rings (SSSR count). The lowest BCUT2D eigenvalue weighted by Gasteiger charge is -2.13. The molecule has 0 bridgehead atoms. The number of nitro benzene ring substituents is 1. The lowest BCUT2D eigenvalue weighted by atomic mass is 10.1. The Kier molecular flexibility index (Phi) is 6.53. The Bertz CT molecular complexity index is 1370. The zero-order valence-electron chi connectivity index (χ0n) is 17.6. The lowest BCUT2D eigenvalue weighted by molar-refractivity contribution is -0.384. The molecule has 1 fully saturated rings. The van der Waals surface area contributed by atoms with E-state index in [0.717, 1.165) is 10.5 Å². The van der Waals surface area contributed by atoms with Crippen LogP contribution in [-0.4, -0.2) is 33.4 Å². The molecule has 2 heterocycles. The maximum Gasteiger partial charge on any atom is 0.294 e. The number of hydrogen-bond acceptors (Lipinski definition) is 7. The molecule has 11 heteroatoms. The van der Waals surface area contributed by atoms with Crippen LogP contribution in [0.1, 0.15) is 11.3 Å². The number of nitrogens with one attached hydrogen (secondary N) is 1. The highest BCUT2D eigenvalue weighted by Crippen LogP contribution is 2.35. The van der Waals surface area contributed by atoms with Crippen LogP contribution in [0.2, 0.25) is 5.02 Å². The third-order valence-corrected chi connectivity index (χ3v) is 6.15. The van der Waals surface area contributed by atoms with Crippen LogP contribution in [-0.2, 0) is 9.59 Å². The smallest absolute Gasteiger partial charge is 0.294 e. The summed E-state index contributed by atoms with van der Waals surface area (Å²) in [5.41, 5.74) is 1.61. The number of aryl methyl sites for hydroxylation is 1. The number of carbonyl (C=O) groups excluding carboxylic acids is 3. The van der Waals surface area contributed by atoms with Gasteiger partial charge in [0.15, 0.2) is 0 Å². The van der Waals surface area contributed by atoms with Gasteiger partial charge < -0.3 is 9.73 Å². The summed E-state index contributed by atoms with van der Waals surface area (Å²) in [6.07, 6.45) is 1.39. The summed E-state index contributed by atoms with van der Waals surface area (Å²) in [5.74, 6) is -0.525. The van der Waals surface area contributed by atoms with Crippen LogP contribution in [0, 0.1) is 17.0 Å². The first-order chi connectivity index (χ1) is 16.2. The van der Waals surface area contributed by atoms with Crippen molar-refractivity contribution in [2.24, 2.45) is 0 Å². The van der Waals surface area contributed by atoms with Gasteiger partial charge in [0.1, 0.15) is 23.1 Å². The molecular formula is C23H16ClN3O6S. The fourth-order valence-corrected chi connectivity index (χ4v) is 4.21. The summed E-state index contributed by atoms with van der Waals surface area (Å²) in [4.78, 5) is 48.9. The molecule has 9 nitrogen and oxygen atoms in total. The van der Waals surface area contributed by atoms with E-state index in [-0.39, 0.29) is 21.4 Å². The van der Waals surface area contributed by atoms with Gasteiger partial charge in [-0.3, -0.25) is 29.4 Å². The molecule has 34 heavy (non-hydrogen) atoms. The van der Waals surface area contributed by atoms with Gasteiger partial charge in [-0.2, -0.15) is 0 Å². The van der Waals surface area contributed by atoms with Gasteiger partial charge in [0, 0.05) is 23.4 Å². The summed E-state index contributed by atoms with van der Waals surface area (Å²) < 4.78 is 5.68. The standard InChI is InChI=1S/C23H16ClN3O6S/c1-13-4-2-3-5-17(13)25-21(28)12-26-22(29)20(34-23(26)30)11-15-7-9-19(33-15)14-6-8-16(24)18(10-14)27(31)32/h2-11H,12H2,1H3,(H,25,28)/b20-11+. The first-order valence-electron chi connectivity index (χ1n) is 9.88. The molecule has 0 unspecified atom stereocenters. The number of halogens is 1. The minimum atomic E-state index is -0.616. The van der Waals surface area contributed by atoms with Crippen molar-refractivity contribution in [1.29, 1.82) is 0 Å². The van der Waals surface area contributed by atoms with Crippen LogP contribution < -0.4 is 5.32 Å². The van der Waals surface area contributed by atoms with E-state index in [9.17, 15) is 24.5 Å². The van der Waals surface area contributed by atoms with E-state index in [2.05, 4.69) is 5.32 Å². The van der Waals surface area contributed by atoms with Crippen LogP contribution in [0.25, 0.3) is 17.4 Å². The number of benzene rings is 2. The first kappa shape index (κ1) is 23.3. The third-order valence-electron chi connectivity index (χ3n) is 4.92. The number of furan rings is 1. The quantitative estimate of drug-likeness (QED) is 0.271. The van der Waals surface area contributed by atoms with E-state index in [1.807, 2.05) is 19.1 Å². The Hall–Kier alpha value is -3.89. The second-order valence-electron chi connectivity index (χ2n) is 7.26. The normalized spacial score (nSPS) is 14.6. The van der Waals surface area contributed by atoms with Crippen LogP contribution in [0.4, 0.5) is 16.2 Å². The number of amides is 3. The molecule has 1 saturated heterocycles. The summed E-state index contributed by atoms with van der Waals surface area (Å²) in [6.45, 7) is 1.41. The number of rotatable bonds is 6. The minimum absolute atomic E-state index is 0.000616. The van der Waals surface area contributed by atoms with Crippen molar-refractivity contribution in [2.45, 2.75) is 6.92 Å². The van der Waals surface area contributed by atoms with Crippen molar-refractivity contribution in [2.75, 3.05) is 11.9 Å². The van der Waals surface area contributed by atoms with Gasteiger partial charge in [-0.05, 0) is 54.6 Å². The largest absolute Gasteiger partial charge is 0.457 e. The van der Waals surface area contributed by atoms with Gasteiger partial charge >= 0.3 is 0 Å². The van der Waals surface area contributed by atoms with E-state index in [0.29, 0.717) is 28.8 Å². The van der Waals surface area contributed by atoms with Crippen LogP contribution in [0.15, 0.2) is 63.9 Å². The average Bonchev–Trinajstić information content (AvgIpc) is 3.36. The van der Waals surface area contributed by atoms with E-state index < -0.39 is 28.5 Å². The van der Waals surface area contributed by atoms with Crippen LogP contribution >= 0.6 is 23.4 Å². The Labute approximate surface area is 202 Å². The first-order valence-corrected chi connectivity index (χ1v) is 11.1. The maximum absolute atomic E-state index is 12.7. The monoisotopic (exact) mass is 497 g/mol. The SMILES string of the molecule is Cc1ccccc1NC(=O)CN1C(=O)S/C(=C/c2ccc(-c3ccc(Cl)c([N+](=O)[O-])c3)o2)C1=O. The van der Waals surface area contributed by atoms with Crippen molar-refractivity contribution in [3.63, 3.8) is 0 Å². The molecular weight excluding hydrogens is 482 g/mol. The number of carbonyl (C=O) groups is 3. The topological polar surface area (TPSA) is 123 Å². The number of nitrogens with zero attached hydrogens (tertiary/aromatic N) is 2. The Morgan fingerprint density at radius 1 is 1.21 bits per heavy atom. The van der Waals surface area contributed by atoms with Crippen molar-refractivity contribution in [1.82, 2.24) is 4.90 Å². The number of imide groups is 1. The molecule has 2 aromatic carbocycles. The number of anilines is 1. The molecule has 0 atom stereocenters. The number of nitro groups is 1. The summed E-state index contributed by atoms with van der Waals surface area (Å²) in [7, 11) is 0. The zero-order chi connectivity index (χ0) is 24.4. The minimum Gasteiger partial charge on any atom is -0.457 e. The molecule has 3 amide bonds. The molecule has 0 spiro atoms. The van der Waals surface area contributed by atoms with Crippen molar-refractivity contribution in [3.05, 3.63) is 86.0 Å². The fourth-order valence-electron chi connectivity index (χ4n) is 3.20. The highest BCUT2D eigenvalue weighted by molar-refractivity contribution is 8.18. The number of hydrogen-bond donors (Lipinski definition) is 1. The van der Waals surface area contributed by atoms with Gasteiger partial charge in [0.25, 0.3) is 16.8 Å². The zero-order valence-corrected chi connectivity index (χ0v) is 19.2. The molecule has 1 aromatic heterocycles. The molecule has 1 N–H and O–H groups in total. The second kappa shape index (κ2) is 9.54. The van der Waals surface area contributed by atoms with Crippen molar-refractivity contribution >= 4 is 57.9 Å². The van der Waals surface area contributed by atoms with E-state index in [1.54, 1.807) is 30.3 Å². The summed E-state index contributed by atoms with van der Waals surface area (Å²) in [6, 6.07) is 14.6. The summed E-state index contributed by atoms with van der Waals surface area (Å²) in [5, 5.41) is 13.2. The van der Waals surface area contributed by atoms with Crippen molar-refractivity contribution in [3.8, 4) is 11.3 Å². The molecule has 3 aromatic rings. The summed E-state index contributed by atoms with van der Waals surface area (Å²) >= 11 is 6.54. The van der Waals surface area contributed by atoms with Gasteiger partial charge in [-0.25, -0.2) is 0 Å². The predicted molar refractivity (Wildman–Crippen MR) is 128 cm³/mol. The molecule has 1 aliphatic rings. The fraction of sp³-hybridized carbons (Fsp3) is 0.0870. The molecule has 172 valence electrons. The van der Waals surface area contributed by atoms with Crippen molar-refractivity contribution < 1.29 is 23.7 Å². The maximum atomic E-state index is 12.7. The second-order valence-corrected chi connectivity index (χ2v) is 8.66. The number of para-hydroxylation sites is 1. The van der Waals surface area contributed by atoms with E-state index in [1.165, 1.54) is 18.2 Å². The highest BCUT2D eigenvalue weighted by atomic mass is 35.5. The van der Waals surface area contributed by atoms with E-state index >= 15 is 0 Å². The third kappa shape index (κ3) is 4.87. The van der Waals surface area contributed by atoms with Gasteiger partial charge in [0.2, 0.25) is 5.91 Å². The van der Waals surface area contributed by atoms with Gasteiger partial charge in [0.05, 0.1) is 9.83 Å². The molecule has 0 saturated carbocycles. The molecule has 0 aliphatic carbocycles.